The zero-order valence-electron chi connectivity index (χ0n) is 15.8. The summed E-state index contributed by atoms with van der Waals surface area (Å²) in [5.41, 5.74) is 6.34. The molecule has 138 valence electrons. The number of allylic oxidation sites excluding steroid dienone is 1. The molecule has 0 saturated heterocycles. The molecule has 0 radical (unpaired) electrons. The van der Waals surface area contributed by atoms with Crippen molar-refractivity contribution in [2.24, 2.45) is 10.3 Å². The lowest BCUT2D eigenvalue weighted by Gasteiger charge is -2.22. The fourth-order valence-corrected chi connectivity index (χ4v) is 3.04. The maximum atomic E-state index is 5.63. The first-order valence-electron chi connectivity index (χ1n) is 8.94. The summed E-state index contributed by atoms with van der Waals surface area (Å²) >= 11 is 0. The van der Waals surface area contributed by atoms with E-state index in [2.05, 4.69) is 53.1 Å². The highest BCUT2D eigenvalue weighted by Gasteiger charge is 2.17. The van der Waals surface area contributed by atoms with Crippen molar-refractivity contribution in [2.45, 2.75) is 6.92 Å². The highest BCUT2D eigenvalue weighted by Crippen LogP contribution is 2.36. The molecular weight excluding hydrogens is 348 g/mol. The Bertz CT molecular complexity index is 1070. The van der Waals surface area contributed by atoms with Gasteiger partial charge in [-0.05, 0) is 42.8 Å². The number of ether oxygens (including phenoxy) is 1. The van der Waals surface area contributed by atoms with Crippen molar-refractivity contribution < 1.29 is 4.74 Å². The molecular formula is C23H20N4O. The molecule has 0 unspecified atom stereocenters. The lowest BCUT2D eigenvalue weighted by atomic mass is 10.0. The van der Waals surface area contributed by atoms with Gasteiger partial charge in [0, 0.05) is 17.8 Å². The van der Waals surface area contributed by atoms with Crippen molar-refractivity contribution >= 4 is 11.4 Å². The second kappa shape index (κ2) is 7.48. The van der Waals surface area contributed by atoms with E-state index >= 15 is 0 Å². The number of aromatic nitrogens is 1. The number of nitrogens with zero attached hydrogens (tertiary/aromatic N) is 4. The summed E-state index contributed by atoms with van der Waals surface area (Å²) in [5.74, 6) is 0.767. The van der Waals surface area contributed by atoms with Crippen LogP contribution in [0.5, 0.6) is 5.75 Å². The van der Waals surface area contributed by atoms with Crippen molar-refractivity contribution in [3.05, 3.63) is 96.5 Å². The van der Waals surface area contributed by atoms with Crippen LogP contribution in [0.2, 0.25) is 0 Å². The highest BCUT2D eigenvalue weighted by molar-refractivity contribution is 5.75. The van der Waals surface area contributed by atoms with Crippen LogP contribution < -0.4 is 9.75 Å². The second-order valence-corrected chi connectivity index (χ2v) is 6.49. The molecule has 4 rings (SSSR count). The summed E-state index contributed by atoms with van der Waals surface area (Å²) < 4.78 is 5.63. The third-order valence-corrected chi connectivity index (χ3v) is 4.54. The number of aryl methyl sites for hydroxylation is 1. The van der Waals surface area contributed by atoms with Gasteiger partial charge in [-0.25, -0.2) is 5.01 Å². The lowest BCUT2D eigenvalue weighted by molar-refractivity contribution is 0.416. The van der Waals surface area contributed by atoms with Gasteiger partial charge in [0.1, 0.15) is 11.4 Å². The molecule has 5 nitrogen and oxygen atoms in total. The molecule has 1 aliphatic heterocycles. The molecule has 0 aliphatic carbocycles. The van der Waals surface area contributed by atoms with E-state index in [4.69, 9.17) is 4.74 Å². The summed E-state index contributed by atoms with van der Waals surface area (Å²) in [7, 11) is 1.67. The molecule has 28 heavy (non-hydrogen) atoms. The molecule has 5 heteroatoms. The Balaban J connectivity index is 1.64. The zero-order valence-corrected chi connectivity index (χ0v) is 15.8. The van der Waals surface area contributed by atoms with E-state index in [-0.39, 0.29) is 0 Å². The fraction of sp³-hybridized carbons (Fsp3) is 0.0870. The summed E-state index contributed by atoms with van der Waals surface area (Å²) in [4.78, 5) is 4.31. The van der Waals surface area contributed by atoms with Crippen LogP contribution in [0.3, 0.4) is 0 Å². The van der Waals surface area contributed by atoms with Gasteiger partial charge >= 0.3 is 0 Å². The van der Waals surface area contributed by atoms with Crippen LogP contribution >= 0.6 is 0 Å². The second-order valence-electron chi connectivity index (χ2n) is 6.49. The third-order valence-electron chi connectivity index (χ3n) is 4.54. The molecule has 3 aromatic rings. The molecule has 0 spiro atoms. The summed E-state index contributed by atoms with van der Waals surface area (Å²) in [6.45, 7) is 6.19. The summed E-state index contributed by atoms with van der Waals surface area (Å²) in [5, 5.41) is 10.3. The first-order valence-corrected chi connectivity index (χ1v) is 8.94. The Kier molecular flexibility index (Phi) is 4.72. The maximum absolute atomic E-state index is 5.63. The van der Waals surface area contributed by atoms with Gasteiger partial charge in [0.2, 0.25) is 0 Å². The molecule has 0 atom stereocenters. The number of anilines is 1. The first kappa shape index (κ1) is 17.7. The van der Waals surface area contributed by atoms with E-state index in [1.165, 1.54) is 5.56 Å². The average Bonchev–Trinajstić information content (AvgIpc) is 2.74. The van der Waals surface area contributed by atoms with Gasteiger partial charge in [0.05, 0.1) is 24.2 Å². The van der Waals surface area contributed by atoms with Crippen LogP contribution in [0, 0.1) is 6.92 Å². The molecule has 2 aromatic carbocycles. The SMILES string of the molecule is C=C1C=C(c2ccccn2)N=NN1c1ccc(-c2ccc(C)cc2)c(OC)c1. The Morgan fingerprint density at radius 1 is 1.00 bits per heavy atom. The van der Waals surface area contributed by atoms with Gasteiger partial charge in [-0.15, -0.1) is 5.11 Å². The minimum absolute atomic E-state index is 0.685. The quantitative estimate of drug-likeness (QED) is 0.584. The minimum Gasteiger partial charge on any atom is -0.496 e. The van der Waals surface area contributed by atoms with Crippen molar-refractivity contribution in [3.63, 3.8) is 0 Å². The predicted molar refractivity (Wildman–Crippen MR) is 112 cm³/mol. The van der Waals surface area contributed by atoms with E-state index in [0.29, 0.717) is 11.4 Å². The van der Waals surface area contributed by atoms with E-state index < -0.39 is 0 Å². The smallest absolute Gasteiger partial charge is 0.128 e. The van der Waals surface area contributed by atoms with E-state index in [1.54, 1.807) is 18.3 Å². The van der Waals surface area contributed by atoms with E-state index in [0.717, 1.165) is 28.3 Å². The zero-order chi connectivity index (χ0) is 19.5. The largest absolute Gasteiger partial charge is 0.496 e. The first-order chi connectivity index (χ1) is 13.7. The molecule has 0 saturated carbocycles. The number of pyridine rings is 1. The van der Waals surface area contributed by atoms with E-state index in [9.17, 15) is 0 Å². The number of hydrogen-bond acceptors (Lipinski definition) is 5. The van der Waals surface area contributed by atoms with Crippen LogP contribution in [-0.4, -0.2) is 12.1 Å². The fourth-order valence-electron chi connectivity index (χ4n) is 3.04. The van der Waals surface area contributed by atoms with Gasteiger partial charge in [-0.2, -0.15) is 0 Å². The van der Waals surface area contributed by atoms with Crippen LogP contribution in [0.1, 0.15) is 11.3 Å². The van der Waals surface area contributed by atoms with Gasteiger partial charge in [-0.3, -0.25) is 4.98 Å². The summed E-state index contributed by atoms with van der Waals surface area (Å²) in [6, 6.07) is 20.0. The molecule has 0 N–H and O–H groups in total. The Labute approximate surface area is 164 Å². The lowest BCUT2D eigenvalue weighted by Crippen LogP contribution is -2.15. The van der Waals surface area contributed by atoms with Crippen molar-refractivity contribution in [3.8, 4) is 16.9 Å². The molecule has 2 heterocycles. The van der Waals surface area contributed by atoms with Gasteiger partial charge in [0.25, 0.3) is 0 Å². The highest BCUT2D eigenvalue weighted by atomic mass is 16.5. The van der Waals surface area contributed by atoms with Crippen molar-refractivity contribution in [1.29, 1.82) is 0 Å². The average molecular weight is 368 g/mol. The molecule has 0 amide bonds. The number of hydrogen-bond donors (Lipinski definition) is 0. The monoisotopic (exact) mass is 368 g/mol. The standard InChI is InChI=1S/C23H20N4O/c1-16-7-9-18(10-8-16)20-12-11-19(15-23(20)28-3)27-17(2)14-22(25-26-27)21-6-4-5-13-24-21/h4-15H,2H2,1,3H3. The molecule has 0 bridgehead atoms. The number of benzene rings is 2. The topological polar surface area (TPSA) is 50.1 Å². The Morgan fingerprint density at radius 3 is 2.50 bits per heavy atom. The van der Waals surface area contributed by atoms with Crippen molar-refractivity contribution in [2.75, 3.05) is 12.1 Å². The van der Waals surface area contributed by atoms with Crippen molar-refractivity contribution in [1.82, 2.24) is 4.98 Å². The minimum atomic E-state index is 0.685. The van der Waals surface area contributed by atoms with Crippen LogP contribution in [-0.2, 0) is 0 Å². The maximum Gasteiger partial charge on any atom is 0.128 e. The predicted octanol–water partition coefficient (Wildman–Crippen LogP) is 5.81. The van der Waals surface area contributed by atoms with Gasteiger partial charge in [0.15, 0.2) is 0 Å². The van der Waals surface area contributed by atoms with Crippen LogP contribution in [0.25, 0.3) is 16.8 Å². The van der Waals surface area contributed by atoms with E-state index in [1.807, 2.05) is 42.5 Å². The molecule has 1 aliphatic rings. The third kappa shape index (κ3) is 3.42. The normalized spacial score (nSPS) is 13.4. The Morgan fingerprint density at radius 2 is 1.82 bits per heavy atom. The van der Waals surface area contributed by atoms with Crippen LogP contribution in [0.4, 0.5) is 5.69 Å². The number of methoxy groups -OCH3 is 1. The number of rotatable bonds is 4. The van der Waals surface area contributed by atoms with Crippen LogP contribution in [0.15, 0.2) is 95.6 Å². The Hall–Kier alpha value is -3.73. The van der Waals surface area contributed by atoms with Gasteiger partial charge < -0.3 is 4.74 Å². The molecule has 0 fully saturated rings. The summed E-state index contributed by atoms with van der Waals surface area (Å²) in [6.07, 6.45) is 3.60. The molecule has 1 aromatic heterocycles. The van der Waals surface area contributed by atoms with Gasteiger partial charge in [-0.1, -0.05) is 47.7 Å².